The first-order valence-electron chi connectivity index (χ1n) is 6.92. The molecule has 0 amide bonds. The van der Waals surface area contributed by atoms with E-state index in [1.807, 2.05) is 23.8 Å². The molecule has 8 nitrogen and oxygen atoms in total. The highest BCUT2D eigenvalue weighted by Gasteiger charge is 2.13. The van der Waals surface area contributed by atoms with Crippen LogP contribution in [0.1, 0.15) is 20.8 Å². The lowest BCUT2D eigenvalue weighted by Crippen LogP contribution is -2.29. The number of hydrogen-bond donors (Lipinski definition) is 2. The summed E-state index contributed by atoms with van der Waals surface area (Å²) in [4.78, 5) is 17.0. The van der Waals surface area contributed by atoms with Crippen molar-refractivity contribution in [3.05, 3.63) is 0 Å². The number of nitrogen functional groups attached to an aromatic ring is 1. The maximum atomic E-state index is 5.43. The van der Waals surface area contributed by atoms with Gasteiger partial charge in [0.05, 0.1) is 6.61 Å². The van der Waals surface area contributed by atoms with Crippen LogP contribution in [0.3, 0.4) is 0 Å². The molecule has 0 aliphatic rings. The van der Waals surface area contributed by atoms with E-state index >= 15 is 0 Å². The van der Waals surface area contributed by atoms with Crippen LogP contribution in [0.15, 0.2) is 0 Å². The Morgan fingerprint density at radius 2 is 1.75 bits per heavy atom. The fourth-order valence-electron chi connectivity index (χ4n) is 1.68. The molecule has 0 saturated heterocycles. The number of nitrogens with one attached hydrogen (secondary N) is 1. The van der Waals surface area contributed by atoms with Gasteiger partial charge in [-0.25, -0.2) is 5.84 Å². The van der Waals surface area contributed by atoms with Crippen molar-refractivity contribution < 1.29 is 4.74 Å². The minimum absolute atomic E-state index is 0.361. The van der Waals surface area contributed by atoms with Gasteiger partial charge in [0.2, 0.25) is 17.8 Å². The molecule has 0 aromatic carbocycles. The SMILES string of the molecule is CCOCCN(C)c1nc(NN)nc(N(CC)CC)n1. The highest BCUT2D eigenvalue weighted by molar-refractivity contribution is 5.44. The van der Waals surface area contributed by atoms with E-state index in [1.165, 1.54) is 0 Å². The maximum Gasteiger partial charge on any atom is 0.243 e. The van der Waals surface area contributed by atoms with Crippen molar-refractivity contribution in [3.8, 4) is 0 Å². The molecular weight excluding hydrogens is 258 g/mol. The molecule has 1 aromatic heterocycles. The number of aromatic nitrogens is 3. The molecule has 8 heteroatoms. The first-order valence-corrected chi connectivity index (χ1v) is 6.92. The summed E-state index contributed by atoms with van der Waals surface area (Å²) in [7, 11) is 1.92. The van der Waals surface area contributed by atoms with Crippen molar-refractivity contribution >= 4 is 17.8 Å². The van der Waals surface area contributed by atoms with Gasteiger partial charge in [-0.15, -0.1) is 0 Å². The van der Waals surface area contributed by atoms with Crippen molar-refractivity contribution in [2.45, 2.75) is 20.8 Å². The van der Waals surface area contributed by atoms with Gasteiger partial charge in [-0.2, -0.15) is 15.0 Å². The molecule has 0 fully saturated rings. The lowest BCUT2D eigenvalue weighted by Gasteiger charge is -2.22. The van der Waals surface area contributed by atoms with E-state index in [1.54, 1.807) is 0 Å². The fourth-order valence-corrected chi connectivity index (χ4v) is 1.68. The largest absolute Gasteiger partial charge is 0.380 e. The van der Waals surface area contributed by atoms with Crippen molar-refractivity contribution in [2.24, 2.45) is 5.84 Å². The van der Waals surface area contributed by atoms with E-state index in [4.69, 9.17) is 10.6 Å². The average Bonchev–Trinajstić information content (AvgIpc) is 2.48. The number of rotatable bonds is 9. The monoisotopic (exact) mass is 283 g/mol. The molecule has 20 heavy (non-hydrogen) atoms. The van der Waals surface area contributed by atoms with Crippen LogP contribution < -0.4 is 21.1 Å². The molecular formula is C12H25N7O. The quantitative estimate of drug-likeness (QED) is 0.384. The zero-order valence-electron chi connectivity index (χ0n) is 12.8. The molecule has 114 valence electrons. The highest BCUT2D eigenvalue weighted by atomic mass is 16.5. The van der Waals surface area contributed by atoms with Crippen LogP contribution in [-0.4, -0.2) is 54.8 Å². The zero-order valence-corrected chi connectivity index (χ0v) is 12.8. The topological polar surface area (TPSA) is 92.4 Å². The Kier molecular flexibility index (Phi) is 6.96. The lowest BCUT2D eigenvalue weighted by atomic mass is 10.5. The summed E-state index contributed by atoms with van der Waals surface area (Å²) in [6, 6.07) is 0. The van der Waals surface area contributed by atoms with E-state index in [0.717, 1.165) is 13.1 Å². The predicted octanol–water partition coefficient (Wildman–Crippen LogP) is 0.476. The van der Waals surface area contributed by atoms with E-state index < -0.39 is 0 Å². The van der Waals surface area contributed by atoms with Crippen molar-refractivity contribution in [1.29, 1.82) is 0 Å². The molecule has 1 aromatic rings. The van der Waals surface area contributed by atoms with Gasteiger partial charge in [-0.3, -0.25) is 5.43 Å². The third kappa shape index (κ3) is 4.46. The number of nitrogens with zero attached hydrogens (tertiary/aromatic N) is 5. The van der Waals surface area contributed by atoms with Gasteiger partial charge in [-0.05, 0) is 20.8 Å². The minimum Gasteiger partial charge on any atom is -0.380 e. The Balaban J connectivity index is 2.91. The first-order chi connectivity index (χ1) is 9.65. The molecule has 0 atom stereocenters. The second-order valence-electron chi connectivity index (χ2n) is 4.19. The summed E-state index contributed by atoms with van der Waals surface area (Å²) < 4.78 is 5.34. The summed E-state index contributed by atoms with van der Waals surface area (Å²) >= 11 is 0. The van der Waals surface area contributed by atoms with Gasteiger partial charge in [0, 0.05) is 33.3 Å². The maximum absolute atomic E-state index is 5.43. The normalized spacial score (nSPS) is 10.4. The number of anilines is 3. The van der Waals surface area contributed by atoms with Crippen molar-refractivity contribution in [2.75, 3.05) is 55.1 Å². The molecule has 0 unspecified atom stereocenters. The molecule has 0 spiro atoms. The van der Waals surface area contributed by atoms with E-state index in [-0.39, 0.29) is 0 Å². The first kappa shape index (κ1) is 16.4. The smallest absolute Gasteiger partial charge is 0.243 e. The Morgan fingerprint density at radius 3 is 2.30 bits per heavy atom. The molecule has 0 aliphatic carbocycles. The van der Waals surface area contributed by atoms with Gasteiger partial charge in [0.1, 0.15) is 0 Å². The minimum atomic E-state index is 0.361. The second kappa shape index (κ2) is 8.49. The van der Waals surface area contributed by atoms with Crippen LogP contribution in [0.5, 0.6) is 0 Å². The average molecular weight is 283 g/mol. The Labute approximate surface area is 120 Å². The summed E-state index contributed by atoms with van der Waals surface area (Å²) in [5, 5.41) is 0. The van der Waals surface area contributed by atoms with Crippen LogP contribution in [0.25, 0.3) is 0 Å². The Morgan fingerprint density at radius 1 is 1.10 bits per heavy atom. The Hall–Kier alpha value is -1.67. The molecule has 0 saturated carbocycles. The van der Waals surface area contributed by atoms with Gasteiger partial charge < -0.3 is 14.5 Å². The number of nitrogens with two attached hydrogens (primary N) is 1. The van der Waals surface area contributed by atoms with Crippen LogP contribution in [0, 0.1) is 0 Å². The van der Waals surface area contributed by atoms with Gasteiger partial charge in [-0.1, -0.05) is 0 Å². The molecule has 0 radical (unpaired) electrons. The number of likely N-dealkylation sites (N-methyl/N-ethyl adjacent to an activating group) is 1. The van der Waals surface area contributed by atoms with Gasteiger partial charge >= 0.3 is 0 Å². The van der Waals surface area contributed by atoms with E-state index in [0.29, 0.717) is 37.6 Å². The van der Waals surface area contributed by atoms with Gasteiger partial charge in [0.25, 0.3) is 0 Å². The van der Waals surface area contributed by atoms with Crippen LogP contribution in [0.2, 0.25) is 0 Å². The molecule has 0 bridgehead atoms. The number of hydrogen-bond acceptors (Lipinski definition) is 8. The number of ether oxygens (including phenoxy) is 1. The van der Waals surface area contributed by atoms with E-state index in [9.17, 15) is 0 Å². The molecule has 3 N–H and O–H groups in total. The summed E-state index contributed by atoms with van der Waals surface area (Å²) in [6.07, 6.45) is 0. The summed E-state index contributed by atoms with van der Waals surface area (Å²) in [5.74, 6) is 6.99. The van der Waals surface area contributed by atoms with Crippen LogP contribution in [0.4, 0.5) is 17.8 Å². The molecule has 1 heterocycles. The third-order valence-electron chi connectivity index (χ3n) is 2.90. The summed E-state index contributed by atoms with van der Waals surface area (Å²) in [6.45, 7) is 9.77. The zero-order chi connectivity index (χ0) is 15.0. The predicted molar refractivity (Wildman–Crippen MR) is 81.0 cm³/mol. The standard InChI is InChI=1S/C12H25N7O/c1-5-19(6-2)12-15-10(17-13)14-11(16-12)18(4)8-9-20-7-3/h5-9,13H2,1-4H3,(H,14,15,16,17). The Bertz CT molecular complexity index is 397. The second-order valence-corrected chi connectivity index (χ2v) is 4.19. The number of hydrazine groups is 1. The third-order valence-corrected chi connectivity index (χ3v) is 2.90. The van der Waals surface area contributed by atoms with Crippen molar-refractivity contribution in [3.63, 3.8) is 0 Å². The highest BCUT2D eigenvalue weighted by Crippen LogP contribution is 2.15. The van der Waals surface area contributed by atoms with Crippen LogP contribution in [-0.2, 0) is 4.74 Å². The molecule has 0 aliphatic heterocycles. The fraction of sp³-hybridized carbons (Fsp3) is 0.750. The van der Waals surface area contributed by atoms with Crippen molar-refractivity contribution in [1.82, 2.24) is 15.0 Å². The summed E-state index contributed by atoms with van der Waals surface area (Å²) in [5.41, 5.74) is 2.49. The lowest BCUT2D eigenvalue weighted by molar-refractivity contribution is 0.154. The van der Waals surface area contributed by atoms with E-state index in [2.05, 4.69) is 34.2 Å². The van der Waals surface area contributed by atoms with Crippen LogP contribution >= 0.6 is 0 Å². The molecule has 1 rings (SSSR count). The van der Waals surface area contributed by atoms with Gasteiger partial charge in [0.15, 0.2) is 0 Å².